The fraction of sp³-hybridized carbons (Fsp3) is 0.222. The molecular weight excluding hydrogens is 340 g/mol. The molecule has 0 unspecified atom stereocenters. The number of esters is 1. The molecule has 0 radical (unpaired) electrons. The Hall–Kier alpha value is -3.42. The van der Waals surface area contributed by atoms with Crippen LogP contribution in [0, 0.1) is 17.0 Å². The number of ether oxygens (including phenoxy) is 2. The number of nitrogens with one attached hydrogen (secondary N) is 1. The van der Waals surface area contributed by atoms with Crippen molar-refractivity contribution >= 4 is 23.3 Å². The Labute approximate surface area is 149 Å². The molecule has 136 valence electrons. The molecule has 2 aromatic carbocycles. The summed E-state index contributed by atoms with van der Waals surface area (Å²) in [7, 11) is 0. The molecule has 8 heteroatoms. The largest absolute Gasteiger partial charge is 0.493 e. The van der Waals surface area contributed by atoms with Crippen LogP contribution in [0.25, 0.3) is 0 Å². The van der Waals surface area contributed by atoms with Crippen molar-refractivity contribution in [2.75, 3.05) is 18.5 Å². The highest BCUT2D eigenvalue weighted by Crippen LogP contribution is 2.22. The number of nitro benzene ring substituents is 1. The topological polar surface area (TPSA) is 108 Å². The van der Waals surface area contributed by atoms with Gasteiger partial charge in [0.1, 0.15) is 11.4 Å². The second-order valence-corrected chi connectivity index (χ2v) is 5.35. The number of nitro groups is 1. The third-order valence-corrected chi connectivity index (χ3v) is 3.40. The van der Waals surface area contributed by atoms with E-state index in [2.05, 4.69) is 5.32 Å². The SMILES string of the molecule is Cc1ccccc1OCCC(=O)OCC(=O)Nc1ccccc1[N+](=O)[O-]. The summed E-state index contributed by atoms with van der Waals surface area (Å²) in [5.74, 6) is -0.585. The first-order valence-electron chi connectivity index (χ1n) is 7.84. The maximum atomic E-state index is 11.8. The van der Waals surface area contributed by atoms with E-state index in [0.29, 0.717) is 5.75 Å². The number of nitrogens with zero attached hydrogens (tertiary/aromatic N) is 1. The third kappa shape index (κ3) is 5.59. The molecule has 0 aliphatic carbocycles. The van der Waals surface area contributed by atoms with Gasteiger partial charge >= 0.3 is 5.97 Å². The smallest absolute Gasteiger partial charge is 0.309 e. The lowest BCUT2D eigenvalue weighted by molar-refractivity contribution is -0.383. The number of rotatable bonds is 8. The molecule has 0 saturated carbocycles. The van der Waals surface area contributed by atoms with Gasteiger partial charge in [0, 0.05) is 6.07 Å². The normalized spacial score (nSPS) is 10.0. The average molecular weight is 358 g/mol. The van der Waals surface area contributed by atoms with Crippen LogP contribution in [-0.2, 0) is 14.3 Å². The number of anilines is 1. The van der Waals surface area contributed by atoms with Gasteiger partial charge in [-0.05, 0) is 24.6 Å². The van der Waals surface area contributed by atoms with Crippen molar-refractivity contribution < 1.29 is 24.0 Å². The molecule has 1 N–H and O–H groups in total. The Bertz CT molecular complexity index is 806. The number of carbonyl (C=O) groups excluding carboxylic acids is 2. The first-order valence-corrected chi connectivity index (χ1v) is 7.84. The lowest BCUT2D eigenvalue weighted by atomic mass is 10.2. The van der Waals surface area contributed by atoms with Crippen molar-refractivity contribution in [1.29, 1.82) is 0 Å². The van der Waals surface area contributed by atoms with Gasteiger partial charge in [0.2, 0.25) is 0 Å². The maximum absolute atomic E-state index is 11.8. The van der Waals surface area contributed by atoms with Gasteiger partial charge in [-0.25, -0.2) is 0 Å². The summed E-state index contributed by atoms with van der Waals surface area (Å²) in [5.41, 5.74) is 0.755. The molecule has 0 aliphatic heterocycles. The van der Waals surface area contributed by atoms with E-state index in [4.69, 9.17) is 9.47 Å². The van der Waals surface area contributed by atoms with Gasteiger partial charge in [0.15, 0.2) is 6.61 Å². The van der Waals surface area contributed by atoms with E-state index in [9.17, 15) is 19.7 Å². The first kappa shape index (κ1) is 18.9. The molecule has 0 fully saturated rings. The molecule has 26 heavy (non-hydrogen) atoms. The maximum Gasteiger partial charge on any atom is 0.309 e. The molecule has 0 atom stereocenters. The van der Waals surface area contributed by atoms with Crippen molar-refractivity contribution in [2.45, 2.75) is 13.3 Å². The predicted molar refractivity (Wildman–Crippen MR) is 94.0 cm³/mol. The van der Waals surface area contributed by atoms with E-state index in [0.717, 1.165) is 5.56 Å². The standard InChI is InChI=1S/C18H18N2O6/c1-13-6-2-5-9-16(13)25-11-10-18(22)26-12-17(21)19-14-7-3-4-8-15(14)20(23)24/h2-9H,10-12H2,1H3,(H,19,21). The van der Waals surface area contributed by atoms with Crippen molar-refractivity contribution in [3.63, 3.8) is 0 Å². The molecule has 1 amide bonds. The Morgan fingerprint density at radius 2 is 1.81 bits per heavy atom. The molecule has 8 nitrogen and oxygen atoms in total. The van der Waals surface area contributed by atoms with Crippen LogP contribution in [0.1, 0.15) is 12.0 Å². The number of para-hydroxylation sites is 3. The van der Waals surface area contributed by atoms with Crippen LogP contribution in [-0.4, -0.2) is 30.0 Å². The number of hydrogen-bond acceptors (Lipinski definition) is 6. The molecule has 0 saturated heterocycles. The van der Waals surface area contributed by atoms with E-state index in [1.54, 1.807) is 12.1 Å². The summed E-state index contributed by atoms with van der Waals surface area (Å²) in [6, 6.07) is 13.1. The second kappa shape index (κ2) is 9.16. The Kier molecular flexibility index (Phi) is 6.67. The van der Waals surface area contributed by atoms with Gasteiger partial charge in [0.25, 0.3) is 11.6 Å². The number of hydrogen-bond donors (Lipinski definition) is 1. The monoisotopic (exact) mass is 358 g/mol. The van der Waals surface area contributed by atoms with Crippen molar-refractivity contribution in [3.8, 4) is 5.75 Å². The Balaban J connectivity index is 1.74. The van der Waals surface area contributed by atoms with E-state index in [1.807, 2.05) is 25.1 Å². The summed E-state index contributed by atoms with van der Waals surface area (Å²) < 4.78 is 10.3. The molecular formula is C18H18N2O6. The van der Waals surface area contributed by atoms with E-state index < -0.39 is 23.4 Å². The van der Waals surface area contributed by atoms with E-state index >= 15 is 0 Å². The Morgan fingerprint density at radius 3 is 2.54 bits per heavy atom. The zero-order chi connectivity index (χ0) is 18.9. The fourth-order valence-electron chi connectivity index (χ4n) is 2.11. The van der Waals surface area contributed by atoms with Gasteiger partial charge in [-0.15, -0.1) is 0 Å². The molecule has 0 heterocycles. The Morgan fingerprint density at radius 1 is 1.12 bits per heavy atom. The zero-order valence-electron chi connectivity index (χ0n) is 14.1. The lowest BCUT2D eigenvalue weighted by Gasteiger charge is -2.09. The molecule has 0 bridgehead atoms. The van der Waals surface area contributed by atoms with Crippen molar-refractivity contribution in [1.82, 2.24) is 0 Å². The van der Waals surface area contributed by atoms with Gasteiger partial charge in [-0.1, -0.05) is 30.3 Å². The van der Waals surface area contributed by atoms with Crippen LogP contribution < -0.4 is 10.1 Å². The minimum atomic E-state index is -0.660. The minimum Gasteiger partial charge on any atom is -0.493 e. The highest BCUT2D eigenvalue weighted by molar-refractivity contribution is 5.94. The average Bonchev–Trinajstić information content (AvgIpc) is 2.62. The highest BCUT2D eigenvalue weighted by Gasteiger charge is 2.15. The van der Waals surface area contributed by atoms with E-state index in [1.165, 1.54) is 18.2 Å². The van der Waals surface area contributed by atoms with Crippen molar-refractivity contribution in [2.24, 2.45) is 0 Å². The number of aryl methyl sites for hydroxylation is 1. The van der Waals surface area contributed by atoms with Gasteiger partial charge < -0.3 is 14.8 Å². The van der Waals surface area contributed by atoms with Crippen LogP contribution in [0.3, 0.4) is 0 Å². The third-order valence-electron chi connectivity index (χ3n) is 3.40. The summed E-state index contributed by atoms with van der Waals surface area (Å²) in [5, 5.41) is 13.2. The van der Waals surface area contributed by atoms with Crippen LogP contribution >= 0.6 is 0 Å². The molecule has 0 spiro atoms. The highest BCUT2D eigenvalue weighted by atomic mass is 16.6. The van der Waals surface area contributed by atoms with Gasteiger partial charge in [-0.2, -0.15) is 0 Å². The molecule has 0 aliphatic rings. The summed E-state index contributed by atoms with van der Waals surface area (Å²) in [6.07, 6.45) is -0.0207. The zero-order valence-corrected chi connectivity index (χ0v) is 14.1. The lowest BCUT2D eigenvalue weighted by Crippen LogP contribution is -2.22. The predicted octanol–water partition coefficient (Wildman–Crippen LogP) is 2.85. The number of carbonyl (C=O) groups is 2. The fourth-order valence-corrected chi connectivity index (χ4v) is 2.11. The summed E-state index contributed by atoms with van der Waals surface area (Å²) >= 11 is 0. The molecule has 2 rings (SSSR count). The molecule has 0 aromatic heterocycles. The van der Waals surface area contributed by atoms with Crippen molar-refractivity contribution in [3.05, 3.63) is 64.2 Å². The number of amides is 1. The minimum absolute atomic E-state index is 0.0207. The summed E-state index contributed by atoms with van der Waals surface area (Å²) in [4.78, 5) is 33.7. The first-order chi connectivity index (χ1) is 12.5. The quantitative estimate of drug-likeness (QED) is 0.442. The van der Waals surface area contributed by atoms with Crippen LogP contribution in [0.2, 0.25) is 0 Å². The van der Waals surface area contributed by atoms with Crippen LogP contribution in [0.4, 0.5) is 11.4 Å². The summed E-state index contributed by atoms with van der Waals surface area (Å²) in [6.45, 7) is 1.48. The van der Waals surface area contributed by atoms with E-state index in [-0.39, 0.29) is 24.4 Å². The second-order valence-electron chi connectivity index (χ2n) is 5.35. The number of benzene rings is 2. The molecule has 2 aromatic rings. The van der Waals surface area contributed by atoms with Crippen LogP contribution in [0.15, 0.2) is 48.5 Å². The van der Waals surface area contributed by atoms with Gasteiger partial charge in [-0.3, -0.25) is 19.7 Å². The van der Waals surface area contributed by atoms with Crippen LogP contribution in [0.5, 0.6) is 5.75 Å². The van der Waals surface area contributed by atoms with Gasteiger partial charge in [0.05, 0.1) is 18.0 Å².